The summed E-state index contributed by atoms with van der Waals surface area (Å²) < 4.78 is 6.27. The van der Waals surface area contributed by atoms with Crippen molar-refractivity contribution in [2.75, 3.05) is 4.90 Å². The van der Waals surface area contributed by atoms with Gasteiger partial charge in [-0.3, -0.25) is 0 Å². The Bertz CT molecular complexity index is 3260. The minimum atomic E-state index is -0.298. The highest BCUT2D eigenvalue weighted by Crippen LogP contribution is 2.70. The van der Waals surface area contributed by atoms with Gasteiger partial charge in [-0.1, -0.05) is 152 Å². The Kier molecular flexibility index (Phi) is 6.13. The van der Waals surface area contributed by atoms with E-state index in [4.69, 9.17) is 4.42 Å². The van der Waals surface area contributed by atoms with E-state index in [1.165, 1.54) is 77.9 Å². The quantitative estimate of drug-likeness (QED) is 0.176. The van der Waals surface area contributed by atoms with E-state index in [1.54, 1.807) is 0 Å². The van der Waals surface area contributed by atoms with Gasteiger partial charge in [-0.15, -0.1) is 0 Å². The maximum Gasteiger partial charge on any atom is 0.135 e. The molecule has 10 aromatic rings. The molecule has 13 rings (SSSR count). The second kappa shape index (κ2) is 11.3. The Balaban J connectivity index is 0.977. The van der Waals surface area contributed by atoms with Crippen LogP contribution in [0.2, 0.25) is 0 Å². The Hall–Kier alpha value is -7.42. The van der Waals surface area contributed by atoms with Crippen LogP contribution < -0.4 is 4.90 Å². The van der Waals surface area contributed by atoms with E-state index in [0.717, 1.165) is 39.0 Å². The number of hydrogen-bond acceptors (Lipinski definition) is 2. The first-order valence-corrected chi connectivity index (χ1v) is 19.8. The summed E-state index contributed by atoms with van der Waals surface area (Å²) in [6.45, 7) is 0. The molecule has 0 amide bonds. The molecule has 1 atom stereocenters. The van der Waals surface area contributed by atoms with Crippen LogP contribution in [0.5, 0.6) is 0 Å². The molecule has 1 spiro atoms. The molecule has 0 aliphatic heterocycles. The SMILES string of the molecule is c1ccc(-c2ccccc2N(c2ccc(-c3ccc4c(c3)C35c6ccccc6-c6cccc(c63)-c3cccc-4c35)cc2)c2ccc3oc4ccccc4c3c2)cc1. The Morgan fingerprint density at radius 3 is 1.70 bits per heavy atom. The molecule has 2 nitrogen and oxygen atoms in total. The summed E-state index contributed by atoms with van der Waals surface area (Å²) in [5.41, 5.74) is 23.4. The zero-order chi connectivity index (χ0) is 37.2. The van der Waals surface area contributed by atoms with Gasteiger partial charge in [0.05, 0.1) is 11.1 Å². The molecule has 9 aromatic carbocycles. The lowest BCUT2D eigenvalue weighted by Gasteiger charge is -2.28. The van der Waals surface area contributed by atoms with E-state index in [2.05, 4.69) is 193 Å². The van der Waals surface area contributed by atoms with Crippen LogP contribution in [0.15, 0.2) is 205 Å². The highest BCUT2D eigenvalue weighted by atomic mass is 16.3. The van der Waals surface area contributed by atoms with E-state index < -0.39 is 0 Å². The molecule has 0 N–H and O–H groups in total. The average Bonchev–Trinajstić information content (AvgIpc) is 3.99. The summed E-state index contributed by atoms with van der Waals surface area (Å²) in [6, 6.07) is 73.5. The van der Waals surface area contributed by atoms with Crippen molar-refractivity contribution in [1.82, 2.24) is 0 Å². The van der Waals surface area contributed by atoms with Gasteiger partial charge in [0.15, 0.2) is 0 Å². The average molecular weight is 724 g/mol. The van der Waals surface area contributed by atoms with Crippen molar-refractivity contribution in [3.05, 3.63) is 222 Å². The minimum absolute atomic E-state index is 0.298. The van der Waals surface area contributed by atoms with Gasteiger partial charge in [-0.05, 0) is 121 Å². The van der Waals surface area contributed by atoms with Crippen LogP contribution in [0, 0.1) is 0 Å². The highest BCUT2D eigenvalue weighted by molar-refractivity contribution is 6.08. The lowest BCUT2D eigenvalue weighted by molar-refractivity contribution is 0.669. The van der Waals surface area contributed by atoms with Crippen molar-refractivity contribution in [3.8, 4) is 55.6 Å². The van der Waals surface area contributed by atoms with Crippen LogP contribution in [0.4, 0.5) is 17.1 Å². The molecule has 1 unspecified atom stereocenters. The molecule has 3 aliphatic carbocycles. The predicted octanol–water partition coefficient (Wildman–Crippen LogP) is 14.7. The fourth-order valence-electron chi connectivity index (χ4n) is 10.5. The fourth-order valence-corrected chi connectivity index (χ4v) is 10.5. The summed E-state index contributed by atoms with van der Waals surface area (Å²) in [6.07, 6.45) is 0. The normalized spacial score (nSPS) is 15.1. The van der Waals surface area contributed by atoms with Crippen molar-refractivity contribution in [1.29, 1.82) is 0 Å². The number of benzene rings is 9. The molecule has 0 bridgehead atoms. The van der Waals surface area contributed by atoms with Gasteiger partial charge in [0, 0.05) is 27.7 Å². The van der Waals surface area contributed by atoms with Crippen LogP contribution in [-0.4, -0.2) is 0 Å². The molecular weight excluding hydrogens is 691 g/mol. The van der Waals surface area contributed by atoms with Crippen LogP contribution >= 0.6 is 0 Å². The first-order valence-electron chi connectivity index (χ1n) is 19.8. The number of para-hydroxylation sites is 2. The maximum atomic E-state index is 6.27. The third kappa shape index (κ3) is 4.04. The van der Waals surface area contributed by atoms with Gasteiger partial charge in [-0.2, -0.15) is 0 Å². The summed E-state index contributed by atoms with van der Waals surface area (Å²) in [4.78, 5) is 2.39. The first kappa shape index (κ1) is 30.9. The second-order valence-electron chi connectivity index (χ2n) is 15.6. The van der Waals surface area contributed by atoms with Gasteiger partial charge in [0.1, 0.15) is 11.2 Å². The highest BCUT2D eigenvalue weighted by Gasteiger charge is 2.57. The molecule has 264 valence electrons. The zero-order valence-corrected chi connectivity index (χ0v) is 30.9. The number of nitrogens with zero attached hydrogens (tertiary/aromatic N) is 1. The molecule has 0 saturated carbocycles. The number of furan rings is 1. The topological polar surface area (TPSA) is 16.4 Å². The molecular formula is C55H33NO. The number of hydrogen-bond donors (Lipinski definition) is 0. The van der Waals surface area contributed by atoms with Crippen molar-refractivity contribution < 1.29 is 4.42 Å². The minimum Gasteiger partial charge on any atom is -0.456 e. The van der Waals surface area contributed by atoms with Crippen molar-refractivity contribution >= 4 is 39.0 Å². The second-order valence-corrected chi connectivity index (χ2v) is 15.6. The van der Waals surface area contributed by atoms with Crippen LogP contribution in [0.25, 0.3) is 77.6 Å². The van der Waals surface area contributed by atoms with Gasteiger partial charge >= 0.3 is 0 Å². The van der Waals surface area contributed by atoms with E-state index >= 15 is 0 Å². The third-order valence-corrected chi connectivity index (χ3v) is 12.8. The Labute approximate surface area is 330 Å². The number of fused-ring (bicyclic) bond motifs is 8. The van der Waals surface area contributed by atoms with E-state index in [0.29, 0.717) is 0 Å². The molecule has 0 radical (unpaired) electrons. The summed E-state index contributed by atoms with van der Waals surface area (Å²) in [7, 11) is 0. The fraction of sp³-hybridized carbons (Fsp3) is 0.0182. The van der Waals surface area contributed by atoms with E-state index in [1.807, 2.05) is 12.1 Å². The Morgan fingerprint density at radius 1 is 0.333 bits per heavy atom. The summed E-state index contributed by atoms with van der Waals surface area (Å²) in [5, 5.41) is 2.22. The van der Waals surface area contributed by atoms with Gasteiger partial charge in [0.2, 0.25) is 0 Å². The standard InChI is InChI=1S/C55H33NO/c1-2-12-35(13-3-1)39-14-5-8-22-50(39)56(38-29-31-52-47(33-38)42-16-6-9-23-51(42)57-52)37-27-24-34(25-28-37)36-26-30-41-44-18-11-20-46-45-19-10-17-43-40-15-4-7-21-48(40)55(53(43)45,54(44)46)49(41)32-36/h1-33H. The summed E-state index contributed by atoms with van der Waals surface area (Å²) in [5.74, 6) is 0. The third-order valence-electron chi connectivity index (χ3n) is 12.8. The van der Waals surface area contributed by atoms with Crippen LogP contribution in [-0.2, 0) is 5.41 Å². The Morgan fingerprint density at radius 2 is 0.912 bits per heavy atom. The smallest absolute Gasteiger partial charge is 0.135 e. The van der Waals surface area contributed by atoms with Crippen molar-refractivity contribution in [3.63, 3.8) is 0 Å². The number of anilines is 3. The lowest BCUT2D eigenvalue weighted by atomic mass is 9.73. The predicted molar refractivity (Wildman–Crippen MR) is 235 cm³/mol. The molecule has 0 saturated heterocycles. The number of rotatable bonds is 5. The largest absolute Gasteiger partial charge is 0.456 e. The van der Waals surface area contributed by atoms with E-state index in [-0.39, 0.29) is 5.41 Å². The van der Waals surface area contributed by atoms with Crippen molar-refractivity contribution in [2.45, 2.75) is 5.41 Å². The van der Waals surface area contributed by atoms with Gasteiger partial charge in [-0.25, -0.2) is 0 Å². The van der Waals surface area contributed by atoms with Crippen LogP contribution in [0.3, 0.4) is 0 Å². The maximum absolute atomic E-state index is 6.27. The molecule has 1 aromatic heterocycles. The molecule has 1 heterocycles. The van der Waals surface area contributed by atoms with E-state index in [9.17, 15) is 0 Å². The molecule has 0 fully saturated rings. The summed E-state index contributed by atoms with van der Waals surface area (Å²) >= 11 is 0. The molecule has 57 heavy (non-hydrogen) atoms. The van der Waals surface area contributed by atoms with Gasteiger partial charge < -0.3 is 9.32 Å². The van der Waals surface area contributed by atoms with Crippen LogP contribution in [0.1, 0.15) is 22.3 Å². The molecule has 3 aliphatic rings. The molecule has 2 heteroatoms. The monoisotopic (exact) mass is 723 g/mol. The van der Waals surface area contributed by atoms with Crippen molar-refractivity contribution in [2.24, 2.45) is 0 Å². The van der Waals surface area contributed by atoms with Gasteiger partial charge in [0.25, 0.3) is 0 Å². The lowest BCUT2D eigenvalue weighted by Crippen LogP contribution is -2.23. The first-order chi connectivity index (χ1) is 28.3. The zero-order valence-electron chi connectivity index (χ0n) is 30.9.